The molecule has 1 atom stereocenters. The molecular weight excluding hydrogens is 200 g/mol. The average molecular weight is 214 g/mol. The van der Waals surface area contributed by atoms with Crippen molar-refractivity contribution in [3.8, 4) is 0 Å². The molecule has 0 fully saturated rings. The first kappa shape index (κ1) is 12.8. The van der Waals surface area contributed by atoms with Gasteiger partial charge in [0.15, 0.2) is 0 Å². The van der Waals surface area contributed by atoms with Gasteiger partial charge in [-0.25, -0.2) is 0 Å². The molecule has 0 radical (unpaired) electrons. The lowest BCUT2D eigenvalue weighted by atomic mass is 10.4. The Morgan fingerprint density at radius 3 is 2.21 bits per heavy atom. The van der Waals surface area contributed by atoms with Gasteiger partial charge in [-0.2, -0.15) is 0 Å². The van der Waals surface area contributed by atoms with E-state index in [1.165, 1.54) is 0 Å². The molecule has 78 valence electrons. The highest BCUT2D eigenvalue weighted by Crippen LogP contribution is 2.04. The van der Waals surface area contributed by atoms with Crippen LogP contribution in [0.2, 0.25) is 0 Å². The average Bonchev–Trinajstić information content (AvgIpc) is 2.21. The standard InChI is InChI=1S/C8H8O3S.C2H6/c9-8(10)6-12(11)7-4-2-1-3-5-7;1-2/h1-5H,6H2,(H,9,10);1-2H3. The van der Waals surface area contributed by atoms with Crippen molar-refractivity contribution in [2.24, 2.45) is 0 Å². The highest BCUT2D eigenvalue weighted by molar-refractivity contribution is 7.85. The zero-order valence-electron chi connectivity index (χ0n) is 8.27. The van der Waals surface area contributed by atoms with Crippen LogP contribution in [0.3, 0.4) is 0 Å². The molecule has 0 aliphatic heterocycles. The Kier molecular flexibility index (Phi) is 6.66. The van der Waals surface area contributed by atoms with E-state index < -0.39 is 16.8 Å². The second-order valence-corrected chi connectivity index (χ2v) is 3.65. The van der Waals surface area contributed by atoms with Crippen molar-refractivity contribution < 1.29 is 14.1 Å². The van der Waals surface area contributed by atoms with Gasteiger partial charge in [0.25, 0.3) is 0 Å². The highest BCUT2D eigenvalue weighted by Gasteiger charge is 2.06. The van der Waals surface area contributed by atoms with Gasteiger partial charge < -0.3 is 5.11 Å². The minimum Gasteiger partial charge on any atom is -0.481 e. The van der Waals surface area contributed by atoms with Crippen LogP contribution in [-0.4, -0.2) is 21.0 Å². The molecule has 1 N–H and O–H groups in total. The fourth-order valence-electron chi connectivity index (χ4n) is 0.768. The van der Waals surface area contributed by atoms with E-state index >= 15 is 0 Å². The van der Waals surface area contributed by atoms with Crippen molar-refractivity contribution in [2.75, 3.05) is 5.75 Å². The predicted octanol–water partition coefficient (Wildman–Crippen LogP) is 1.91. The molecule has 4 heteroatoms. The van der Waals surface area contributed by atoms with Crippen LogP contribution in [0.15, 0.2) is 35.2 Å². The number of hydrogen-bond acceptors (Lipinski definition) is 2. The Bertz CT molecular complexity index is 295. The van der Waals surface area contributed by atoms with Crippen LogP contribution in [0.5, 0.6) is 0 Å². The van der Waals surface area contributed by atoms with Gasteiger partial charge >= 0.3 is 5.97 Å². The monoisotopic (exact) mass is 214 g/mol. The van der Waals surface area contributed by atoms with Crippen LogP contribution in [-0.2, 0) is 15.6 Å². The lowest BCUT2D eigenvalue weighted by molar-refractivity contribution is -0.133. The van der Waals surface area contributed by atoms with E-state index in [2.05, 4.69) is 0 Å². The number of aliphatic carboxylic acids is 1. The first-order chi connectivity index (χ1) is 6.70. The third kappa shape index (κ3) is 4.77. The summed E-state index contributed by atoms with van der Waals surface area (Å²) in [5.74, 6) is -1.37. The van der Waals surface area contributed by atoms with E-state index in [1.54, 1.807) is 30.3 Å². The Morgan fingerprint density at radius 1 is 1.29 bits per heavy atom. The maximum Gasteiger partial charge on any atom is 0.316 e. The molecule has 0 amide bonds. The van der Waals surface area contributed by atoms with E-state index in [0.717, 1.165) is 0 Å². The van der Waals surface area contributed by atoms with Crippen LogP contribution in [0.25, 0.3) is 0 Å². The lowest BCUT2D eigenvalue weighted by Gasteiger charge is -1.96. The zero-order chi connectivity index (χ0) is 11.0. The minimum atomic E-state index is -1.41. The molecule has 0 saturated carbocycles. The van der Waals surface area contributed by atoms with Crippen LogP contribution in [0.1, 0.15) is 13.8 Å². The number of carboxylic acid groups (broad SMARTS) is 1. The first-order valence-electron chi connectivity index (χ1n) is 4.35. The number of hydrogen-bond donors (Lipinski definition) is 1. The molecular formula is C10H14O3S. The summed E-state index contributed by atoms with van der Waals surface area (Å²) in [4.78, 5) is 10.7. The van der Waals surface area contributed by atoms with Crippen LogP contribution in [0, 0.1) is 0 Å². The molecule has 0 bridgehead atoms. The largest absolute Gasteiger partial charge is 0.481 e. The van der Waals surface area contributed by atoms with E-state index in [-0.39, 0.29) is 5.75 Å². The van der Waals surface area contributed by atoms with E-state index in [9.17, 15) is 9.00 Å². The summed E-state index contributed by atoms with van der Waals surface area (Å²) in [6, 6.07) is 8.56. The van der Waals surface area contributed by atoms with Gasteiger partial charge in [0.1, 0.15) is 5.75 Å². The van der Waals surface area contributed by atoms with E-state index in [4.69, 9.17) is 5.11 Å². The molecule has 0 spiro atoms. The van der Waals surface area contributed by atoms with Gasteiger partial charge in [-0.05, 0) is 12.1 Å². The number of benzene rings is 1. The lowest BCUT2D eigenvalue weighted by Crippen LogP contribution is -2.08. The molecule has 0 heterocycles. The molecule has 1 aromatic rings. The molecule has 0 aliphatic carbocycles. The number of rotatable bonds is 3. The first-order valence-corrected chi connectivity index (χ1v) is 5.67. The van der Waals surface area contributed by atoms with Crippen molar-refractivity contribution in [2.45, 2.75) is 18.7 Å². The smallest absolute Gasteiger partial charge is 0.316 e. The molecule has 1 aromatic carbocycles. The molecule has 3 nitrogen and oxygen atoms in total. The van der Waals surface area contributed by atoms with Gasteiger partial charge in [0.05, 0.1) is 10.8 Å². The van der Waals surface area contributed by atoms with E-state index in [1.807, 2.05) is 13.8 Å². The molecule has 1 rings (SSSR count). The van der Waals surface area contributed by atoms with Crippen LogP contribution in [0.4, 0.5) is 0 Å². The predicted molar refractivity (Wildman–Crippen MR) is 56.7 cm³/mol. The fourth-order valence-corrected chi connectivity index (χ4v) is 1.62. The van der Waals surface area contributed by atoms with Gasteiger partial charge in [-0.15, -0.1) is 0 Å². The van der Waals surface area contributed by atoms with Crippen molar-refractivity contribution in [3.63, 3.8) is 0 Å². The maximum absolute atomic E-state index is 11.2. The Hall–Kier alpha value is -1.16. The molecule has 0 saturated heterocycles. The van der Waals surface area contributed by atoms with E-state index in [0.29, 0.717) is 4.90 Å². The summed E-state index contributed by atoms with van der Waals surface area (Å²) in [6.45, 7) is 4.00. The summed E-state index contributed by atoms with van der Waals surface area (Å²) < 4.78 is 11.2. The zero-order valence-corrected chi connectivity index (χ0v) is 9.08. The summed E-state index contributed by atoms with van der Waals surface area (Å²) in [7, 11) is -1.41. The topological polar surface area (TPSA) is 54.4 Å². The summed E-state index contributed by atoms with van der Waals surface area (Å²) in [5.41, 5.74) is 0. The summed E-state index contributed by atoms with van der Waals surface area (Å²) in [6.07, 6.45) is 0. The number of carbonyl (C=O) groups is 1. The fraction of sp³-hybridized carbons (Fsp3) is 0.300. The quantitative estimate of drug-likeness (QED) is 0.836. The number of carboxylic acids is 1. The highest BCUT2D eigenvalue weighted by atomic mass is 32.2. The molecule has 14 heavy (non-hydrogen) atoms. The van der Waals surface area contributed by atoms with Crippen molar-refractivity contribution in [3.05, 3.63) is 30.3 Å². The molecule has 0 aromatic heterocycles. The minimum absolute atomic E-state index is 0.329. The van der Waals surface area contributed by atoms with Crippen LogP contribution < -0.4 is 0 Å². The van der Waals surface area contributed by atoms with Crippen molar-refractivity contribution >= 4 is 16.8 Å². The summed E-state index contributed by atoms with van der Waals surface area (Å²) in [5, 5.41) is 8.35. The van der Waals surface area contributed by atoms with Gasteiger partial charge in [-0.1, -0.05) is 32.0 Å². The van der Waals surface area contributed by atoms with Gasteiger partial charge in [-0.3, -0.25) is 9.00 Å². The van der Waals surface area contributed by atoms with Crippen molar-refractivity contribution in [1.82, 2.24) is 0 Å². The second-order valence-electron chi connectivity index (χ2n) is 2.20. The molecule has 1 unspecified atom stereocenters. The normalized spacial score (nSPS) is 11.0. The Labute approximate surface area is 86.2 Å². The Morgan fingerprint density at radius 2 is 1.79 bits per heavy atom. The Balaban J connectivity index is 0.000000791. The second kappa shape index (κ2) is 7.26. The SMILES string of the molecule is CC.O=C(O)CS(=O)c1ccccc1. The third-order valence-electron chi connectivity index (χ3n) is 1.26. The van der Waals surface area contributed by atoms with Crippen LogP contribution >= 0.6 is 0 Å². The third-order valence-corrected chi connectivity index (χ3v) is 2.57. The van der Waals surface area contributed by atoms with Crippen molar-refractivity contribution in [1.29, 1.82) is 0 Å². The van der Waals surface area contributed by atoms with Gasteiger partial charge in [0, 0.05) is 4.90 Å². The molecule has 0 aliphatic rings. The van der Waals surface area contributed by atoms with Gasteiger partial charge in [0.2, 0.25) is 0 Å². The summed E-state index contributed by atoms with van der Waals surface area (Å²) >= 11 is 0. The maximum atomic E-state index is 11.2.